The summed E-state index contributed by atoms with van der Waals surface area (Å²) in [5.74, 6) is 0.461. The summed E-state index contributed by atoms with van der Waals surface area (Å²) in [6.07, 6.45) is 3.05. The first-order valence-electron chi connectivity index (χ1n) is 8.09. The molecular formula is C17H21N5O2. The Hall–Kier alpha value is -2.70. The van der Waals surface area contributed by atoms with E-state index in [4.69, 9.17) is 5.11 Å². The zero-order valence-corrected chi connectivity index (χ0v) is 13.6. The topological polar surface area (TPSA) is 91.2 Å². The van der Waals surface area contributed by atoms with E-state index in [0.717, 1.165) is 17.2 Å². The van der Waals surface area contributed by atoms with E-state index in [1.807, 2.05) is 31.2 Å². The molecule has 7 heteroatoms. The van der Waals surface area contributed by atoms with Crippen molar-refractivity contribution in [2.75, 3.05) is 23.3 Å². The van der Waals surface area contributed by atoms with Crippen molar-refractivity contribution in [3.63, 3.8) is 0 Å². The van der Waals surface area contributed by atoms with Crippen LogP contribution in [-0.2, 0) is 11.3 Å². The highest BCUT2D eigenvalue weighted by molar-refractivity contribution is 5.70. The van der Waals surface area contributed by atoms with Crippen molar-refractivity contribution in [2.45, 2.75) is 26.3 Å². The molecule has 2 N–H and O–H groups in total. The van der Waals surface area contributed by atoms with E-state index < -0.39 is 5.97 Å². The Morgan fingerprint density at radius 3 is 2.79 bits per heavy atom. The number of rotatable bonds is 5. The summed E-state index contributed by atoms with van der Waals surface area (Å²) in [4.78, 5) is 26.4. The van der Waals surface area contributed by atoms with Crippen LogP contribution < -0.4 is 10.2 Å². The van der Waals surface area contributed by atoms with Crippen LogP contribution in [-0.4, -0.2) is 39.1 Å². The molecule has 0 saturated carbocycles. The molecule has 24 heavy (non-hydrogen) atoms. The molecule has 3 heterocycles. The molecule has 2 aromatic rings. The van der Waals surface area contributed by atoms with E-state index in [-0.39, 0.29) is 5.92 Å². The van der Waals surface area contributed by atoms with Crippen molar-refractivity contribution in [1.29, 1.82) is 0 Å². The van der Waals surface area contributed by atoms with Crippen molar-refractivity contribution in [3.8, 4) is 0 Å². The Balaban J connectivity index is 1.67. The van der Waals surface area contributed by atoms with Gasteiger partial charge in [0, 0.05) is 31.0 Å². The van der Waals surface area contributed by atoms with Crippen LogP contribution in [0, 0.1) is 12.8 Å². The third kappa shape index (κ3) is 3.98. The fourth-order valence-corrected chi connectivity index (χ4v) is 2.82. The molecule has 1 saturated heterocycles. The third-order valence-corrected chi connectivity index (χ3v) is 4.16. The Bertz CT molecular complexity index is 699. The molecule has 7 nitrogen and oxygen atoms in total. The Kier molecular flexibility index (Phi) is 4.88. The monoisotopic (exact) mass is 327 g/mol. The van der Waals surface area contributed by atoms with Gasteiger partial charge in [-0.2, -0.15) is 4.98 Å². The number of nitrogens with one attached hydrogen (secondary N) is 1. The number of aromatic nitrogens is 3. The van der Waals surface area contributed by atoms with Crippen LogP contribution in [0.3, 0.4) is 0 Å². The van der Waals surface area contributed by atoms with Crippen LogP contribution in [0.1, 0.15) is 24.2 Å². The maximum Gasteiger partial charge on any atom is 0.306 e. The lowest BCUT2D eigenvalue weighted by Gasteiger charge is -2.31. The average Bonchev–Trinajstić information content (AvgIpc) is 2.60. The number of hydrogen-bond acceptors (Lipinski definition) is 6. The number of piperidine rings is 1. The average molecular weight is 327 g/mol. The standard InChI is InChI=1S/C17H21N5O2/c1-12-10-15(22-8-5-13(6-9-22)16(23)24)21-17(20-12)19-11-14-4-2-3-7-18-14/h2-4,7,10,13H,5-6,8-9,11H2,1H3,(H,23,24)(H,19,20,21). The van der Waals surface area contributed by atoms with E-state index in [9.17, 15) is 4.79 Å². The largest absolute Gasteiger partial charge is 0.481 e. The molecule has 126 valence electrons. The van der Waals surface area contributed by atoms with Crippen LogP contribution in [0.15, 0.2) is 30.5 Å². The molecule has 0 spiro atoms. The first-order chi connectivity index (χ1) is 11.6. The lowest BCUT2D eigenvalue weighted by Crippen LogP contribution is -2.37. The Morgan fingerprint density at radius 1 is 1.33 bits per heavy atom. The van der Waals surface area contributed by atoms with Gasteiger partial charge in [0.15, 0.2) is 0 Å². The van der Waals surface area contributed by atoms with Gasteiger partial charge in [0.05, 0.1) is 18.2 Å². The number of carbonyl (C=O) groups is 1. The van der Waals surface area contributed by atoms with E-state index in [2.05, 4.69) is 25.2 Å². The number of nitrogens with zero attached hydrogens (tertiary/aromatic N) is 4. The Morgan fingerprint density at radius 2 is 2.12 bits per heavy atom. The number of aliphatic carboxylic acids is 1. The number of carboxylic acids is 1. The van der Waals surface area contributed by atoms with Gasteiger partial charge in [-0.1, -0.05) is 6.07 Å². The highest BCUT2D eigenvalue weighted by Gasteiger charge is 2.25. The third-order valence-electron chi connectivity index (χ3n) is 4.16. The van der Waals surface area contributed by atoms with Gasteiger partial charge < -0.3 is 15.3 Å². The minimum Gasteiger partial charge on any atom is -0.481 e. The second-order valence-corrected chi connectivity index (χ2v) is 5.97. The highest BCUT2D eigenvalue weighted by atomic mass is 16.4. The number of hydrogen-bond donors (Lipinski definition) is 2. The van der Waals surface area contributed by atoms with E-state index in [0.29, 0.717) is 38.4 Å². The molecule has 0 unspecified atom stereocenters. The zero-order valence-electron chi connectivity index (χ0n) is 13.6. The molecule has 1 fully saturated rings. The highest BCUT2D eigenvalue weighted by Crippen LogP contribution is 2.23. The molecule has 1 aliphatic rings. The SMILES string of the molecule is Cc1cc(N2CCC(C(=O)O)CC2)nc(NCc2ccccn2)n1. The molecule has 2 aromatic heterocycles. The molecule has 0 radical (unpaired) electrons. The number of carboxylic acid groups (broad SMARTS) is 1. The van der Waals surface area contributed by atoms with Gasteiger partial charge in [-0.15, -0.1) is 0 Å². The quantitative estimate of drug-likeness (QED) is 0.869. The second-order valence-electron chi connectivity index (χ2n) is 5.97. The summed E-state index contributed by atoms with van der Waals surface area (Å²) in [6, 6.07) is 7.71. The number of pyridine rings is 1. The summed E-state index contributed by atoms with van der Waals surface area (Å²) in [5.41, 5.74) is 1.80. The van der Waals surface area contributed by atoms with E-state index in [1.54, 1.807) is 6.20 Å². The van der Waals surface area contributed by atoms with Crippen LogP contribution in [0.25, 0.3) is 0 Å². The van der Waals surface area contributed by atoms with Gasteiger partial charge in [-0.3, -0.25) is 9.78 Å². The molecule has 0 amide bonds. The fourth-order valence-electron chi connectivity index (χ4n) is 2.82. The van der Waals surface area contributed by atoms with Crippen LogP contribution in [0.4, 0.5) is 11.8 Å². The smallest absolute Gasteiger partial charge is 0.306 e. The van der Waals surface area contributed by atoms with Crippen LogP contribution in [0.2, 0.25) is 0 Å². The van der Waals surface area contributed by atoms with Crippen LogP contribution in [0.5, 0.6) is 0 Å². The van der Waals surface area contributed by atoms with Crippen molar-refractivity contribution in [1.82, 2.24) is 15.0 Å². The molecule has 0 bridgehead atoms. The molecular weight excluding hydrogens is 306 g/mol. The molecule has 0 aliphatic carbocycles. The molecule has 3 rings (SSSR count). The summed E-state index contributed by atoms with van der Waals surface area (Å²) < 4.78 is 0. The first kappa shape index (κ1) is 16.2. The van der Waals surface area contributed by atoms with Gasteiger partial charge >= 0.3 is 5.97 Å². The van der Waals surface area contributed by atoms with Gasteiger partial charge in [0.1, 0.15) is 5.82 Å². The van der Waals surface area contributed by atoms with Gasteiger partial charge in [-0.05, 0) is 31.9 Å². The number of anilines is 2. The van der Waals surface area contributed by atoms with Crippen molar-refractivity contribution in [2.24, 2.45) is 5.92 Å². The van der Waals surface area contributed by atoms with Crippen molar-refractivity contribution in [3.05, 3.63) is 41.9 Å². The molecule has 0 aromatic carbocycles. The van der Waals surface area contributed by atoms with E-state index >= 15 is 0 Å². The predicted molar refractivity (Wildman–Crippen MR) is 90.9 cm³/mol. The maximum absolute atomic E-state index is 11.1. The Labute approximate surface area is 140 Å². The van der Waals surface area contributed by atoms with Gasteiger partial charge in [0.2, 0.25) is 5.95 Å². The minimum absolute atomic E-state index is 0.245. The minimum atomic E-state index is -0.703. The zero-order chi connectivity index (χ0) is 16.9. The fraction of sp³-hybridized carbons (Fsp3) is 0.412. The lowest BCUT2D eigenvalue weighted by molar-refractivity contribution is -0.142. The van der Waals surface area contributed by atoms with E-state index in [1.165, 1.54) is 0 Å². The lowest BCUT2D eigenvalue weighted by atomic mass is 9.97. The van der Waals surface area contributed by atoms with Crippen molar-refractivity contribution >= 4 is 17.7 Å². The van der Waals surface area contributed by atoms with Gasteiger partial charge in [0.25, 0.3) is 0 Å². The summed E-state index contributed by atoms with van der Waals surface area (Å²) in [5, 5.41) is 12.3. The summed E-state index contributed by atoms with van der Waals surface area (Å²) in [7, 11) is 0. The van der Waals surface area contributed by atoms with Gasteiger partial charge in [-0.25, -0.2) is 4.98 Å². The normalized spacial score (nSPS) is 15.3. The first-order valence-corrected chi connectivity index (χ1v) is 8.09. The van der Waals surface area contributed by atoms with Crippen molar-refractivity contribution < 1.29 is 9.90 Å². The number of aryl methyl sites for hydroxylation is 1. The van der Waals surface area contributed by atoms with Crippen LogP contribution >= 0.6 is 0 Å². The molecule has 1 aliphatic heterocycles. The predicted octanol–water partition coefficient (Wildman–Crippen LogP) is 2.09. The summed E-state index contributed by atoms with van der Waals surface area (Å²) in [6.45, 7) is 3.89. The summed E-state index contributed by atoms with van der Waals surface area (Å²) >= 11 is 0. The second kappa shape index (κ2) is 7.25. The maximum atomic E-state index is 11.1. The molecule has 0 atom stereocenters.